The summed E-state index contributed by atoms with van der Waals surface area (Å²) >= 11 is 0. The van der Waals surface area contributed by atoms with Crippen LogP contribution in [0.4, 0.5) is 0 Å². The summed E-state index contributed by atoms with van der Waals surface area (Å²) in [4.78, 5) is 12.0. The van der Waals surface area contributed by atoms with E-state index in [-0.39, 0.29) is 0 Å². The lowest BCUT2D eigenvalue weighted by Crippen LogP contribution is -1.97. The van der Waals surface area contributed by atoms with Gasteiger partial charge in [-0.2, -0.15) is 0 Å². The minimum absolute atomic E-state index is 0.772. The molecule has 1 aromatic rings. The van der Waals surface area contributed by atoms with Crippen LogP contribution in [0.3, 0.4) is 0 Å². The number of hydrogen-bond acceptors (Lipinski definition) is 3. The first-order valence-corrected chi connectivity index (χ1v) is 3.58. The van der Waals surface area contributed by atoms with Gasteiger partial charge in [-0.3, -0.25) is 0 Å². The molecule has 1 aromatic heterocycles. The van der Waals surface area contributed by atoms with Crippen molar-refractivity contribution < 1.29 is 0 Å². The molecule has 0 amide bonds. The van der Waals surface area contributed by atoms with Crippen LogP contribution in [0.1, 0.15) is 12.5 Å². The number of nitrogens with zero attached hydrogens (tertiary/aromatic N) is 4. The molecule has 4 heteroatoms. The highest BCUT2D eigenvalue weighted by molar-refractivity contribution is 5.91. The molecule has 0 unspecified atom stereocenters. The van der Waals surface area contributed by atoms with Crippen molar-refractivity contribution in [3.8, 4) is 0 Å². The third kappa shape index (κ3) is 1.18. The van der Waals surface area contributed by atoms with Gasteiger partial charge in [-0.15, -0.1) is 0 Å². The van der Waals surface area contributed by atoms with Crippen LogP contribution < -0.4 is 5.32 Å². The molecule has 0 aliphatic carbocycles. The molecule has 59 valence electrons. The number of hydrogen-bond donors (Lipinski definition) is 0. The standard InChI is InChI=1S/C8H7N4/c1-6-11-4-8(12-6)7-2-9-5-10-3-7/h2-5H,1H3. The molecule has 0 saturated heterocycles. The highest BCUT2D eigenvalue weighted by Gasteiger charge is 2.07. The first kappa shape index (κ1) is 6.97. The molecule has 4 nitrogen and oxygen atoms in total. The summed E-state index contributed by atoms with van der Waals surface area (Å²) in [6.07, 6.45) is 6.65. The summed E-state index contributed by atoms with van der Waals surface area (Å²) in [6, 6.07) is 0. The van der Waals surface area contributed by atoms with Gasteiger partial charge in [0.1, 0.15) is 12.2 Å². The lowest BCUT2D eigenvalue weighted by molar-refractivity contribution is 1.15. The second-order valence-electron chi connectivity index (χ2n) is 2.43. The molecule has 2 rings (SSSR count). The third-order valence-electron chi connectivity index (χ3n) is 1.51. The van der Waals surface area contributed by atoms with Gasteiger partial charge in [-0.25, -0.2) is 20.3 Å². The molecular formula is C8H7N4. The van der Waals surface area contributed by atoms with E-state index in [9.17, 15) is 0 Å². The van der Waals surface area contributed by atoms with Gasteiger partial charge >= 0.3 is 0 Å². The average molecular weight is 159 g/mol. The molecule has 0 atom stereocenters. The largest absolute Gasteiger partial charge is 0.244 e. The van der Waals surface area contributed by atoms with Crippen molar-refractivity contribution in [2.45, 2.75) is 6.92 Å². The van der Waals surface area contributed by atoms with Crippen LogP contribution in [0.25, 0.3) is 5.70 Å². The Hall–Kier alpha value is -1.71. The van der Waals surface area contributed by atoms with E-state index >= 15 is 0 Å². The van der Waals surface area contributed by atoms with Gasteiger partial charge in [0.05, 0.1) is 11.9 Å². The molecular weight excluding hydrogens is 152 g/mol. The molecule has 0 bridgehead atoms. The van der Waals surface area contributed by atoms with Crippen molar-refractivity contribution in [3.05, 3.63) is 30.5 Å². The van der Waals surface area contributed by atoms with Crippen LogP contribution in [-0.4, -0.2) is 15.8 Å². The van der Waals surface area contributed by atoms with E-state index in [1.165, 1.54) is 6.33 Å². The van der Waals surface area contributed by atoms with Crippen LogP contribution in [0.2, 0.25) is 0 Å². The molecule has 1 aliphatic rings. The van der Waals surface area contributed by atoms with Gasteiger partial charge in [-0.05, 0) is 6.92 Å². The number of aromatic nitrogens is 2. The lowest BCUT2D eigenvalue weighted by atomic mass is 10.3. The molecule has 0 fully saturated rings. The average Bonchev–Trinajstić information content (AvgIpc) is 2.54. The molecule has 2 heterocycles. The maximum atomic E-state index is 4.19. The summed E-state index contributed by atoms with van der Waals surface area (Å²) in [5.41, 5.74) is 1.73. The summed E-state index contributed by atoms with van der Waals surface area (Å²) in [5, 5.41) is 4.03. The van der Waals surface area contributed by atoms with Gasteiger partial charge in [0.2, 0.25) is 0 Å². The molecule has 0 aromatic carbocycles. The van der Waals surface area contributed by atoms with Crippen LogP contribution >= 0.6 is 0 Å². The number of rotatable bonds is 1. The zero-order valence-corrected chi connectivity index (χ0v) is 6.60. The zero-order chi connectivity index (χ0) is 8.39. The summed E-state index contributed by atoms with van der Waals surface area (Å²) in [5.74, 6) is 0.772. The predicted octanol–water partition coefficient (Wildman–Crippen LogP) is 0.811. The van der Waals surface area contributed by atoms with Gasteiger partial charge < -0.3 is 0 Å². The van der Waals surface area contributed by atoms with Gasteiger partial charge in [0, 0.05) is 18.0 Å². The fourth-order valence-electron chi connectivity index (χ4n) is 0.957. The van der Waals surface area contributed by atoms with Crippen molar-refractivity contribution in [2.24, 2.45) is 4.99 Å². The predicted molar refractivity (Wildman–Crippen MR) is 45.3 cm³/mol. The second-order valence-corrected chi connectivity index (χ2v) is 2.43. The van der Waals surface area contributed by atoms with Crippen molar-refractivity contribution in [3.63, 3.8) is 0 Å². The number of amidine groups is 1. The maximum Gasteiger partial charge on any atom is 0.126 e. The van der Waals surface area contributed by atoms with Gasteiger partial charge in [-0.1, -0.05) is 0 Å². The van der Waals surface area contributed by atoms with E-state index < -0.39 is 0 Å². The van der Waals surface area contributed by atoms with E-state index in [4.69, 9.17) is 0 Å². The Morgan fingerprint density at radius 1 is 1.17 bits per heavy atom. The summed E-state index contributed by atoms with van der Waals surface area (Å²) in [7, 11) is 0. The first-order valence-electron chi connectivity index (χ1n) is 3.58. The van der Waals surface area contributed by atoms with E-state index in [1.807, 2.05) is 6.92 Å². The Bertz CT molecular complexity index is 339. The van der Waals surface area contributed by atoms with Crippen LogP contribution in [-0.2, 0) is 0 Å². The highest BCUT2D eigenvalue weighted by atomic mass is 15.0. The summed E-state index contributed by atoms with van der Waals surface area (Å²) in [6.45, 7) is 1.85. The van der Waals surface area contributed by atoms with Gasteiger partial charge in [0.15, 0.2) is 0 Å². The second kappa shape index (κ2) is 2.73. The van der Waals surface area contributed by atoms with Gasteiger partial charge in [0.25, 0.3) is 0 Å². The fourth-order valence-corrected chi connectivity index (χ4v) is 0.957. The molecule has 0 spiro atoms. The Balaban J connectivity index is 2.34. The summed E-state index contributed by atoms with van der Waals surface area (Å²) < 4.78 is 0. The highest BCUT2D eigenvalue weighted by Crippen LogP contribution is 2.16. The van der Waals surface area contributed by atoms with Crippen molar-refractivity contribution in [2.75, 3.05) is 0 Å². The Morgan fingerprint density at radius 2 is 1.92 bits per heavy atom. The van der Waals surface area contributed by atoms with Crippen LogP contribution in [0.5, 0.6) is 0 Å². The quantitative estimate of drug-likeness (QED) is 0.608. The monoisotopic (exact) mass is 159 g/mol. The smallest absolute Gasteiger partial charge is 0.126 e. The molecule has 1 aliphatic heterocycles. The topological polar surface area (TPSA) is 52.2 Å². The van der Waals surface area contributed by atoms with Crippen molar-refractivity contribution in [1.82, 2.24) is 15.3 Å². The van der Waals surface area contributed by atoms with E-state index in [2.05, 4.69) is 20.3 Å². The Labute approximate surface area is 70.1 Å². The zero-order valence-electron chi connectivity index (χ0n) is 6.60. The van der Waals surface area contributed by atoms with Crippen molar-refractivity contribution >= 4 is 11.5 Å². The SMILES string of the molecule is CC1=NC(c2cncnc2)=C[N]1. The van der Waals surface area contributed by atoms with Crippen molar-refractivity contribution in [1.29, 1.82) is 0 Å². The first-order chi connectivity index (χ1) is 5.86. The van der Waals surface area contributed by atoms with E-state index in [1.54, 1.807) is 18.6 Å². The fraction of sp³-hybridized carbons (Fsp3) is 0.125. The Kier molecular flexibility index (Phi) is 1.59. The third-order valence-corrected chi connectivity index (χ3v) is 1.51. The minimum atomic E-state index is 0.772. The van der Waals surface area contributed by atoms with E-state index in [0.29, 0.717) is 0 Å². The maximum absolute atomic E-state index is 4.19. The molecule has 12 heavy (non-hydrogen) atoms. The molecule has 0 N–H and O–H groups in total. The molecule has 1 radical (unpaired) electrons. The Morgan fingerprint density at radius 3 is 2.50 bits per heavy atom. The van der Waals surface area contributed by atoms with Crippen LogP contribution in [0.15, 0.2) is 29.9 Å². The van der Waals surface area contributed by atoms with E-state index in [0.717, 1.165) is 17.1 Å². The number of aliphatic imine (C=N–C) groups is 1. The lowest BCUT2D eigenvalue weighted by Gasteiger charge is -1.93. The van der Waals surface area contributed by atoms with Crippen LogP contribution in [0, 0.1) is 0 Å². The minimum Gasteiger partial charge on any atom is -0.244 e. The normalized spacial score (nSPS) is 15.1. The molecule has 0 saturated carbocycles.